The van der Waals surface area contributed by atoms with E-state index < -0.39 is 0 Å². The first-order valence-electron chi connectivity index (χ1n) is 9.24. The van der Waals surface area contributed by atoms with E-state index in [4.69, 9.17) is 5.11 Å². The number of aliphatic hydroxyl groups is 1. The number of β-amino-alcohol motifs (C(OH)–C–C–N with tert-alkyl or cyclic N) is 1. The van der Waals surface area contributed by atoms with Gasteiger partial charge < -0.3 is 10.4 Å². The molecule has 0 amide bonds. The number of piperazine rings is 1. The predicted molar refractivity (Wildman–Crippen MR) is 96.1 cm³/mol. The molecular formula is C19H31N3O. The number of anilines is 1. The Labute approximate surface area is 140 Å². The fourth-order valence-electron chi connectivity index (χ4n) is 3.87. The second-order valence-corrected chi connectivity index (χ2v) is 6.94. The molecule has 0 atom stereocenters. The van der Waals surface area contributed by atoms with E-state index in [1.165, 1.54) is 36.9 Å². The van der Waals surface area contributed by atoms with Crippen LogP contribution in [0.15, 0.2) is 24.3 Å². The standard InChI is InChI=1S/C19H31N3O/c23-16-15-22-13-11-21(12-14-22)10-9-20-19-7-5-18(6-8-19)17-3-1-2-4-17/h5-8,17,20,23H,1-4,9-16H2. The highest BCUT2D eigenvalue weighted by molar-refractivity contribution is 5.45. The quantitative estimate of drug-likeness (QED) is 0.810. The highest BCUT2D eigenvalue weighted by Gasteiger charge is 2.17. The summed E-state index contributed by atoms with van der Waals surface area (Å²) < 4.78 is 0. The summed E-state index contributed by atoms with van der Waals surface area (Å²) in [5.74, 6) is 0.805. The second kappa shape index (κ2) is 8.67. The number of nitrogens with zero attached hydrogens (tertiary/aromatic N) is 2. The van der Waals surface area contributed by atoms with Crippen LogP contribution in [-0.4, -0.2) is 67.3 Å². The molecule has 1 aliphatic heterocycles. The van der Waals surface area contributed by atoms with E-state index in [1.807, 2.05) is 0 Å². The van der Waals surface area contributed by atoms with E-state index in [9.17, 15) is 0 Å². The van der Waals surface area contributed by atoms with Gasteiger partial charge in [0.15, 0.2) is 0 Å². The van der Waals surface area contributed by atoms with Gasteiger partial charge in [-0.1, -0.05) is 25.0 Å². The molecule has 1 saturated carbocycles. The van der Waals surface area contributed by atoms with Gasteiger partial charge in [0.1, 0.15) is 0 Å². The van der Waals surface area contributed by atoms with Gasteiger partial charge in [0.2, 0.25) is 0 Å². The van der Waals surface area contributed by atoms with Crippen molar-refractivity contribution < 1.29 is 5.11 Å². The number of aliphatic hydroxyl groups excluding tert-OH is 1. The third kappa shape index (κ3) is 4.93. The first kappa shape index (κ1) is 16.7. The van der Waals surface area contributed by atoms with E-state index in [-0.39, 0.29) is 6.61 Å². The average molecular weight is 317 g/mol. The van der Waals surface area contributed by atoms with Gasteiger partial charge in [0, 0.05) is 51.5 Å². The Morgan fingerprint density at radius 1 is 0.913 bits per heavy atom. The molecule has 0 unspecified atom stereocenters. The summed E-state index contributed by atoms with van der Waals surface area (Å²) in [6.07, 6.45) is 5.54. The molecule has 128 valence electrons. The Balaban J connectivity index is 1.36. The molecule has 1 aromatic carbocycles. The number of rotatable bonds is 7. The van der Waals surface area contributed by atoms with Gasteiger partial charge in [-0.25, -0.2) is 0 Å². The predicted octanol–water partition coefficient (Wildman–Crippen LogP) is 2.37. The van der Waals surface area contributed by atoms with Gasteiger partial charge in [-0.05, 0) is 36.5 Å². The smallest absolute Gasteiger partial charge is 0.0558 e. The maximum Gasteiger partial charge on any atom is 0.0558 e. The normalized spacial score (nSPS) is 20.9. The minimum atomic E-state index is 0.276. The van der Waals surface area contributed by atoms with E-state index in [0.29, 0.717) is 0 Å². The third-order valence-corrected chi connectivity index (χ3v) is 5.38. The molecule has 3 rings (SSSR count). The van der Waals surface area contributed by atoms with Crippen molar-refractivity contribution in [3.05, 3.63) is 29.8 Å². The highest BCUT2D eigenvalue weighted by Crippen LogP contribution is 2.34. The highest BCUT2D eigenvalue weighted by atomic mass is 16.3. The summed E-state index contributed by atoms with van der Waals surface area (Å²) in [7, 11) is 0. The summed E-state index contributed by atoms with van der Waals surface area (Å²) in [6.45, 7) is 7.58. The molecule has 0 radical (unpaired) electrons. The molecule has 4 nitrogen and oxygen atoms in total. The second-order valence-electron chi connectivity index (χ2n) is 6.94. The van der Waals surface area contributed by atoms with Gasteiger partial charge in [-0.3, -0.25) is 9.80 Å². The van der Waals surface area contributed by atoms with Gasteiger partial charge in [0.25, 0.3) is 0 Å². The van der Waals surface area contributed by atoms with Crippen LogP contribution in [0.5, 0.6) is 0 Å². The molecule has 1 heterocycles. The number of hydrogen-bond donors (Lipinski definition) is 2. The van der Waals surface area contributed by atoms with E-state index in [0.717, 1.165) is 51.7 Å². The van der Waals surface area contributed by atoms with Crippen molar-refractivity contribution >= 4 is 5.69 Å². The molecule has 23 heavy (non-hydrogen) atoms. The summed E-state index contributed by atoms with van der Waals surface area (Å²) in [5.41, 5.74) is 2.76. The van der Waals surface area contributed by atoms with Gasteiger partial charge in [0.05, 0.1) is 6.61 Å². The average Bonchev–Trinajstić information content (AvgIpc) is 3.12. The maximum absolute atomic E-state index is 8.98. The number of nitrogens with one attached hydrogen (secondary N) is 1. The van der Waals surface area contributed by atoms with Crippen LogP contribution in [0.25, 0.3) is 0 Å². The minimum absolute atomic E-state index is 0.276. The van der Waals surface area contributed by atoms with Crippen LogP contribution < -0.4 is 5.32 Å². The number of hydrogen-bond acceptors (Lipinski definition) is 4. The van der Waals surface area contributed by atoms with Gasteiger partial charge >= 0.3 is 0 Å². The molecular weight excluding hydrogens is 286 g/mol. The van der Waals surface area contributed by atoms with Crippen LogP contribution in [0, 0.1) is 0 Å². The van der Waals surface area contributed by atoms with Crippen molar-refractivity contribution in [2.45, 2.75) is 31.6 Å². The molecule has 0 aromatic heterocycles. The summed E-state index contributed by atoms with van der Waals surface area (Å²) >= 11 is 0. The topological polar surface area (TPSA) is 38.7 Å². The zero-order valence-electron chi connectivity index (χ0n) is 14.2. The van der Waals surface area contributed by atoms with Crippen molar-refractivity contribution in [2.75, 3.05) is 57.7 Å². The Kier molecular flexibility index (Phi) is 6.31. The largest absolute Gasteiger partial charge is 0.395 e. The zero-order chi connectivity index (χ0) is 15.9. The molecule has 0 spiro atoms. The summed E-state index contributed by atoms with van der Waals surface area (Å²) in [4.78, 5) is 4.85. The molecule has 4 heteroatoms. The molecule has 2 fully saturated rings. The van der Waals surface area contributed by atoms with Crippen LogP contribution in [0.1, 0.15) is 37.2 Å². The first-order chi connectivity index (χ1) is 11.3. The van der Waals surface area contributed by atoms with Crippen LogP contribution in [0.3, 0.4) is 0 Å². The van der Waals surface area contributed by atoms with Crippen molar-refractivity contribution in [1.82, 2.24) is 9.80 Å². The van der Waals surface area contributed by atoms with Crippen LogP contribution in [0.4, 0.5) is 5.69 Å². The molecule has 2 aliphatic rings. The Morgan fingerprint density at radius 2 is 1.52 bits per heavy atom. The fraction of sp³-hybridized carbons (Fsp3) is 0.684. The molecule has 1 aliphatic carbocycles. The lowest BCUT2D eigenvalue weighted by atomic mass is 9.98. The monoisotopic (exact) mass is 317 g/mol. The van der Waals surface area contributed by atoms with Gasteiger partial charge in [-0.2, -0.15) is 0 Å². The van der Waals surface area contributed by atoms with E-state index in [2.05, 4.69) is 39.4 Å². The fourth-order valence-corrected chi connectivity index (χ4v) is 3.87. The SMILES string of the molecule is OCCN1CCN(CCNc2ccc(C3CCCC3)cc2)CC1. The van der Waals surface area contributed by atoms with E-state index in [1.54, 1.807) is 0 Å². The van der Waals surface area contributed by atoms with Gasteiger partial charge in [-0.15, -0.1) is 0 Å². The molecule has 1 saturated heterocycles. The Bertz CT molecular complexity index is 448. The summed E-state index contributed by atoms with van der Waals surface area (Å²) in [6, 6.07) is 9.11. The number of benzene rings is 1. The lowest BCUT2D eigenvalue weighted by molar-refractivity contribution is 0.115. The van der Waals surface area contributed by atoms with Crippen molar-refractivity contribution in [2.24, 2.45) is 0 Å². The molecule has 0 bridgehead atoms. The van der Waals surface area contributed by atoms with Crippen LogP contribution in [-0.2, 0) is 0 Å². The Hall–Kier alpha value is -1.10. The van der Waals surface area contributed by atoms with Crippen LogP contribution >= 0.6 is 0 Å². The maximum atomic E-state index is 8.98. The molecule has 1 aromatic rings. The van der Waals surface area contributed by atoms with Crippen molar-refractivity contribution in [3.63, 3.8) is 0 Å². The third-order valence-electron chi connectivity index (χ3n) is 5.38. The first-order valence-corrected chi connectivity index (χ1v) is 9.24. The summed E-state index contributed by atoms with van der Waals surface area (Å²) in [5, 5.41) is 12.5. The zero-order valence-corrected chi connectivity index (χ0v) is 14.2. The Morgan fingerprint density at radius 3 is 2.13 bits per heavy atom. The van der Waals surface area contributed by atoms with Crippen LogP contribution in [0.2, 0.25) is 0 Å². The lowest BCUT2D eigenvalue weighted by Gasteiger charge is -2.34. The lowest BCUT2D eigenvalue weighted by Crippen LogP contribution is -2.48. The minimum Gasteiger partial charge on any atom is -0.395 e. The molecule has 2 N–H and O–H groups in total. The van der Waals surface area contributed by atoms with Crippen molar-refractivity contribution in [3.8, 4) is 0 Å². The van der Waals surface area contributed by atoms with Crippen molar-refractivity contribution in [1.29, 1.82) is 0 Å². The van der Waals surface area contributed by atoms with E-state index >= 15 is 0 Å².